The predicted molar refractivity (Wildman–Crippen MR) is 66.9 cm³/mol. The van der Waals surface area contributed by atoms with Gasteiger partial charge in [0.25, 0.3) is 0 Å². The van der Waals surface area contributed by atoms with E-state index in [4.69, 9.17) is 4.74 Å². The van der Waals surface area contributed by atoms with Gasteiger partial charge in [-0.15, -0.1) is 0 Å². The van der Waals surface area contributed by atoms with Gasteiger partial charge in [0.1, 0.15) is 6.10 Å². The summed E-state index contributed by atoms with van der Waals surface area (Å²) in [6, 6.07) is 7.04. The van der Waals surface area contributed by atoms with E-state index in [1.165, 1.54) is 6.92 Å². The lowest BCUT2D eigenvalue weighted by Crippen LogP contribution is -2.23. The Balaban J connectivity index is 2.20. The highest BCUT2D eigenvalue weighted by molar-refractivity contribution is 5.70. The molecule has 2 aromatic rings. The van der Waals surface area contributed by atoms with E-state index in [1.807, 2.05) is 0 Å². The summed E-state index contributed by atoms with van der Waals surface area (Å²) in [5, 5.41) is 10.4. The smallest absolute Gasteiger partial charge is 0.303 e. The van der Waals surface area contributed by atoms with Crippen molar-refractivity contribution in [3.05, 3.63) is 47.8 Å². The van der Waals surface area contributed by atoms with Crippen molar-refractivity contribution in [1.82, 2.24) is 9.97 Å². The topological polar surface area (TPSA) is 72.3 Å². The molecule has 0 amide bonds. The number of pyridine rings is 2. The van der Waals surface area contributed by atoms with Gasteiger partial charge in [-0.05, 0) is 12.1 Å². The van der Waals surface area contributed by atoms with Crippen LogP contribution in [0.1, 0.15) is 30.3 Å². The fourth-order valence-electron chi connectivity index (χ4n) is 2.34. The third-order valence-electron chi connectivity index (χ3n) is 3.11. The number of ether oxygens (including phenoxy) is 1. The maximum atomic E-state index is 11.2. The van der Waals surface area contributed by atoms with Crippen molar-refractivity contribution in [2.75, 3.05) is 0 Å². The lowest BCUT2D eigenvalue weighted by atomic mass is 9.88. The Hall–Kier alpha value is -2.27. The Morgan fingerprint density at radius 2 is 1.74 bits per heavy atom. The molecule has 1 aliphatic rings. The number of hydrogen-bond donors (Lipinski definition) is 1. The number of aliphatic hydroxyl groups excluding tert-OH is 1. The van der Waals surface area contributed by atoms with Crippen LogP contribution in [-0.4, -0.2) is 21.0 Å². The molecule has 2 atom stereocenters. The minimum atomic E-state index is -0.927. The number of esters is 1. The average molecular weight is 256 g/mol. The van der Waals surface area contributed by atoms with Gasteiger partial charge in [-0.25, -0.2) is 0 Å². The largest absolute Gasteiger partial charge is 0.454 e. The Kier molecular flexibility index (Phi) is 2.76. The highest BCUT2D eigenvalue weighted by Crippen LogP contribution is 2.43. The first-order valence-electron chi connectivity index (χ1n) is 5.94. The minimum absolute atomic E-state index is 0.439. The molecule has 96 valence electrons. The lowest BCUT2D eigenvalue weighted by molar-refractivity contribution is -0.153. The molecule has 1 N–H and O–H groups in total. The van der Waals surface area contributed by atoms with E-state index in [0.29, 0.717) is 22.5 Å². The van der Waals surface area contributed by atoms with Crippen molar-refractivity contribution in [3.63, 3.8) is 0 Å². The molecule has 0 fully saturated rings. The number of hydrogen-bond acceptors (Lipinski definition) is 5. The van der Waals surface area contributed by atoms with Crippen LogP contribution in [0.3, 0.4) is 0 Å². The average Bonchev–Trinajstić information content (AvgIpc) is 2.43. The van der Waals surface area contributed by atoms with Crippen LogP contribution in [0.4, 0.5) is 0 Å². The summed E-state index contributed by atoms with van der Waals surface area (Å²) >= 11 is 0. The maximum Gasteiger partial charge on any atom is 0.303 e. The van der Waals surface area contributed by atoms with Crippen molar-refractivity contribution in [2.24, 2.45) is 0 Å². The molecule has 0 bridgehead atoms. The highest BCUT2D eigenvalue weighted by Gasteiger charge is 2.36. The molecule has 0 spiro atoms. The molecule has 5 nitrogen and oxygen atoms in total. The van der Waals surface area contributed by atoms with E-state index < -0.39 is 18.2 Å². The molecule has 19 heavy (non-hydrogen) atoms. The number of carbonyl (C=O) groups excluding carboxylic acids is 1. The molecule has 5 heteroatoms. The quantitative estimate of drug-likeness (QED) is 0.787. The van der Waals surface area contributed by atoms with Gasteiger partial charge in [0.05, 0.1) is 11.4 Å². The molecular weight excluding hydrogens is 244 g/mol. The van der Waals surface area contributed by atoms with E-state index in [9.17, 15) is 9.90 Å². The van der Waals surface area contributed by atoms with Gasteiger partial charge in [-0.1, -0.05) is 12.1 Å². The van der Waals surface area contributed by atoms with E-state index >= 15 is 0 Å². The lowest BCUT2D eigenvalue weighted by Gasteiger charge is -2.30. The van der Waals surface area contributed by atoms with Crippen LogP contribution in [0.5, 0.6) is 0 Å². The molecule has 3 rings (SSSR count). The van der Waals surface area contributed by atoms with E-state index in [1.54, 1.807) is 36.7 Å². The molecule has 2 heterocycles. The normalized spacial score (nSPS) is 20.3. The van der Waals surface area contributed by atoms with Gasteiger partial charge in [0.15, 0.2) is 6.10 Å². The molecule has 0 saturated heterocycles. The summed E-state index contributed by atoms with van der Waals surface area (Å²) in [5.41, 5.74) is 2.58. The van der Waals surface area contributed by atoms with Gasteiger partial charge in [0.2, 0.25) is 0 Å². The SMILES string of the molecule is CC(=O)O[C@H]1c2cccnc2-c2ncccc2[C@@H]1O. The number of nitrogens with zero attached hydrogens (tertiary/aromatic N) is 2. The first-order chi connectivity index (χ1) is 9.18. The standard InChI is InChI=1S/C14H12N2O3/c1-8(17)19-14-10-5-3-7-16-12(10)11-9(13(14)18)4-2-6-15-11/h2-7,13-14,18H,1H3/t13-,14-/m0/s1. The number of rotatable bonds is 1. The van der Waals surface area contributed by atoms with Crippen molar-refractivity contribution >= 4 is 5.97 Å². The van der Waals surface area contributed by atoms with E-state index in [2.05, 4.69) is 9.97 Å². The second-order valence-electron chi connectivity index (χ2n) is 4.36. The molecule has 0 saturated carbocycles. The van der Waals surface area contributed by atoms with Crippen LogP contribution in [-0.2, 0) is 9.53 Å². The number of fused-ring (bicyclic) bond motifs is 3. The van der Waals surface area contributed by atoms with Gasteiger partial charge in [-0.2, -0.15) is 0 Å². The number of carbonyl (C=O) groups is 1. The van der Waals surface area contributed by atoms with Crippen molar-refractivity contribution in [1.29, 1.82) is 0 Å². The molecule has 2 aromatic heterocycles. The molecular formula is C14H12N2O3. The van der Waals surface area contributed by atoms with Crippen LogP contribution in [0.25, 0.3) is 11.4 Å². The maximum absolute atomic E-state index is 11.2. The third-order valence-corrected chi connectivity index (χ3v) is 3.11. The minimum Gasteiger partial charge on any atom is -0.454 e. The summed E-state index contributed by atoms with van der Waals surface area (Å²) in [6.45, 7) is 1.32. The second-order valence-corrected chi connectivity index (χ2v) is 4.36. The van der Waals surface area contributed by atoms with Crippen LogP contribution in [0.15, 0.2) is 36.7 Å². The second kappa shape index (κ2) is 4.44. The van der Waals surface area contributed by atoms with Crippen molar-refractivity contribution < 1.29 is 14.6 Å². The van der Waals surface area contributed by atoms with Gasteiger partial charge in [0, 0.05) is 30.4 Å². The fourth-order valence-corrected chi connectivity index (χ4v) is 2.34. The molecule has 0 aromatic carbocycles. The van der Waals surface area contributed by atoms with Crippen molar-refractivity contribution in [2.45, 2.75) is 19.1 Å². The summed E-state index contributed by atoms with van der Waals surface area (Å²) in [5.74, 6) is -0.439. The summed E-state index contributed by atoms with van der Waals surface area (Å²) in [4.78, 5) is 19.8. The summed E-state index contributed by atoms with van der Waals surface area (Å²) in [6.07, 6.45) is 1.64. The zero-order valence-corrected chi connectivity index (χ0v) is 10.3. The fraction of sp³-hybridized carbons (Fsp3) is 0.214. The van der Waals surface area contributed by atoms with Crippen LogP contribution in [0, 0.1) is 0 Å². The first kappa shape index (κ1) is 11.8. The Morgan fingerprint density at radius 1 is 1.16 bits per heavy atom. The Bertz CT molecular complexity index is 642. The predicted octanol–water partition coefficient (Wildman–Crippen LogP) is 1.79. The van der Waals surface area contributed by atoms with E-state index in [0.717, 1.165) is 0 Å². The Labute approximate surface area is 109 Å². The Morgan fingerprint density at radius 3 is 2.37 bits per heavy atom. The van der Waals surface area contributed by atoms with Gasteiger partial charge in [-0.3, -0.25) is 14.8 Å². The highest BCUT2D eigenvalue weighted by atomic mass is 16.6. The first-order valence-corrected chi connectivity index (χ1v) is 5.94. The van der Waals surface area contributed by atoms with Crippen LogP contribution >= 0.6 is 0 Å². The zero-order valence-electron chi connectivity index (χ0n) is 10.3. The van der Waals surface area contributed by atoms with Crippen LogP contribution < -0.4 is 0 Å². The number of aliphatic hydroxyl groups is 1. The van der Waals surface area contributed by atoms with Gasteiger partial charge < -0.3 is 9.84 Å². The molecule has 0 aliphatic heterocycles. The van der Waals surface area contributed by atoms with E-state index in [-0.39, 0.29) is 0 Å². The summed E-state index contributed by atoms with van der Waals surface area (Å²) in [7, 11) is 0. The molecule has 0 unspecified atom stereocenters. The number of aromatic nitrogens is 2. The van der Waals surface area contributed by atoms with Crippen LogP contribution in [0.2, 0.25) is 0 Å². The monoisotopic (exact) mass is 256 g/mol. The zero-order chi connectivity index (χ0) is 13.4. The molecule has 0 radical (unpaired) electrons. The summed E-state index contributed by atoms with van der Waals surface area (Å²) < 4.78 is 5.23. The van der Waals surface area contributed by atoms with Gasteiger partial charge >= 0.3 is 5.97 Å². The third kappa shape index (κ3) is 1.88. The van der Waals surface area contributed by atoms with Crippen molar-refractivity contribution in [3.8, 4) is 11.4 Å². The molecule has 1 aliphatic carbocycles.